The van der Waals surface area contributed by atoms with Gasteiger partial charge in [0.1, 0.15) is 0 Å². The van der Waals surface area contributed by atoms with Gasteiger partial charge in [-0.15, -0.1) is 0 Å². The first-order valence-corrected chi connectivity index (χ1v) is 8.19. The maximum absolute atomic E-state index is 12.9. The van der Waals surface area contributed by atoms with Gasteiger partial charge in [0, 0.05) is 21.0 Å². The highest BCUT2D eigenvalue weighted by Gasteiger charge is 2.17. The van der Waals surface area contributed by atoms with E-state index in [0.29, 0.717) is 16.8 Å². The number of anilines is 1. The highest BCUT2D eigenvalue weighted by molar-refractivity contribution is 7.99. The maximum Gasteiger partial charge on any atom is 0.196 e. The molecule has 0 saturated carbocycles. The third kappa shape index (κ3) is 3.46. The van der Waals surface area contributed by atoms with Gasteiger partial charge in [-0.05, 0) is 31.2 Å². The van der Waals surface area contributed by atoms with Crippen LogP contribution in [-0.2, 0) is 0 Å². The summed E-state index contributed by atoms with van der Waals surface area (Å²) in [5.41, 5.74) is 8.98. The Morgan fingerprint density at radius 2 is 1.57 bits per heavy atom. The Balaban J connectivity index is 2.01. The zero-order valence-electron chi connectivity index (χ0n) is 12.8. The molecule has 0 heterocycles. The van der Waals surface area contributed by atoms with Crippen molar-refractivity contribution in [2.75, 3.05) is 5.73 Å². The fraction of sp³-hybridized carbons (Fsp3) is 0.0500. The first-order valence-electron chi connectivity index (χ1n) is 7.38. The molecule has 114 valence electrons. The van der Waals surface area contributed by atoms with Gasteiger partial charge in [0.15, 0.2) is 5.78 Å². The number of hydrogen-bond acceptors (Lipinski definition) is 3. The van der Waals surface area contributed by atoms with Crippen LogP contribution in [0.5, 0.6) is 0 Å². The molecule has 3 aromatic carbocycles. The molecular weight excluding hydrogens is 302 g/mol. The van der Waals surface area contributed by atoms with Gasteiger partial charge in [-0.1, -0.05) is 65.9 Å². The normalized spacial score (nSPS) is 10.5. The third-order valence-corrected chi connectivity index (χ3v) is 4.64. The topological polar surface area (TPSA) is 43.1 Å². The molecule has 3 rings (SSSR count). The zero-order valence-corrected chi connectivity index (χ0v) is 13.6. The van der Waals surface area contributed by atoms with E-state index >= 15 is 0 Å². The molecule has 0 atom stereocenters. The van der Waals surface area contributed by atoms with E-state index in [0.717, 1.165) is 15.4 Å². The van der Waals surface area contributed by atoms with Crippen molar-refractivity contribution in [1.82, 2.24) is 0 Å². The minimum Gasteiger partial charge on any atom is -0.398 e. The summed E-state index contributed by atoms with van der Waals surface area (Å²) in [6.45, 7) is 2.00. The van der Waals surface area contributed by atoms with E-state index in [1.54, 1.807) is 17.8 Å². The van der Waals surface area contributed by atoms with Crippen molar-refractivity contribution in [2.24, 2.45) is 0 Å². The summed E-state index contributed by atoms with van der Waals surface area (Å²) in [7, 11) is 0. The second-order valence-corrected chi connectivity index (χ2v) is 6.45. The molecule has 3 heteroatoms. The summed E-state index contributed by atoms with van der Waals surface area (Å²) in [6, 6.07) is 23.2. The molecule has 0 amide bonds. The average molecular weight is 319 g/mol. The number of nitrogens with two attached hydrogens (primary N) is 1. The number of ketones is 1. The molecule has 0 fully saturated rings. The number of rotatable bonds is 4. The molecule has 0 saturated heterocycles. The number of nitrogen functional groups attached to an aromatic ring is 1. The SMILES string of the molecule is Cc1ccc(C(=O)c2c(N)cccc2Sc2ccccc2)cc1. The lowest BCUT2D eigenvalue weighted by atomic mass is 10.0. The second-order valence-electron chi connectivity index (χ2n) is 5.33. The molecule has 0 bridgehead atoms. The number of aryl methyl sites for hydroxylation is 1. The Kier molecular flexibility index (Phi) is 4.49. The molecule has 23 heavy (non-hydrogen) atoms. The average Bonchev–Trinajstić information content (AvgIpc) is 2.56. The van der Waals surface area contributed by atoms with Gasteiger partial charge in [0.05, 0.1) is 5.56 Å². The second kappa shape index (κ2) is 6.71. The molecule has 0 aliphatic rings. The van der Waals surface area contributed by atoms with Crippen molar-refractivity contribution in [3.63, 3.8) is 0 Å². The monoisotopic (exact) mass is 319 g/mol. The van der Waals surface area contributed by atoms with Crippen LogP contribution >= 0.6 is 11.8 Å². The summed E-state index contributed by atoms with van der Waals surface area (Å²) in [6.07, 6.45) is 0. The van der Waals surface area contributed by atoms with Crippen molar-refractivity contribution in [3.05, 3.63) is 89.5 Å². The highest BCUT2D eigenvalue weighted by atomic mass is 32.2. The van der Waals surface area contributed by atoms with Crippen LogP contribution in [0, 0.1) is 6.92 Å². The molecule has 0 spiro atoms. The van der Waals surface area contributed by atoms with Crippen LogP contribution in [-0.4, -0.2) is 5.78 Å². The standard InChI is InChI=1S/C20H17NOS/c1-14-10-12-15(13-11-14)20(22)19-17(21)8-5-9-18(19)23-16-6-3-2-4-7-16/h2-13H,21H2,1H3. The summed E-state index contributed by atoms with van der Waals surface area (Å²) >= 11 is 1.55. The Bertz CT molecular complexity index is 826. The smallest absolute Gasteiger partial charge is 0.196 e. The van der Waals surface area contributed by atoms with Gasteiger partial charge in [-0.3, -0.25) is 4.79 Å². The van der Waals surface area contributed by atoms with Crippen LogP contribution in [0.1, 0.15) is 21.5 Å². The predicted octanol–water partition coefficient (Wildman–Crippen LogP) is 4.96. The first kappa shape index (κ1) is 15.4. The van der Waals surface area contributed by atoms with Crippen molar-refractivity contribution in [3.8, 4) is 0 Å². The number of benzene rings is 3. The van der Waals surface area contributed by atoms with Gasteiger partial charge in [-0.2, -0.15) is 0 Å². The largest absolute Gasteiger partial charge is 0.398 e. The summed E-state index contributed by atoms with van der Waals surface area (Å²) in [5.74, 6) is -0.0402. The number of carbonyl (C=O) groups excluding carboxylic acids is 1. The van der Waals surface area contributed by atoms with E-state index in [1.165, 1.54) is 0 Å². The lowest BCUT2D eigenvalue weighted by molar-refractivity contribution is 0.103. The van der Waals surface area contributed by atoms with E-state index in [1.807, 2.05) is 73.7 Å². The fourth-order valence-corrected chi connectivity index (χ4v) is 3.35. The number of carbonyl (C=O) groups is 1. The minimum atomic E-state index is -0.0402. The molecule has 3 aromatic rings. The Morgan fingerprint density at radius 3 is 2.26 bits per heavy atom. The van der Waals surface area contributed by atoms with E-state index in [4.69, 9.17) is 5.73 Å². The lowest BCUT2D eigenvalue weighted by Gasteiger charge is -2.11. The van der Waals surface area contributed by atoms with Crippen LogP contribution < -0.4 is 5.73 Å². The van der Waals surface area contributed by atoms with E-state index < -0.39 is 0 Å². The van der Waals surface area contributed by atoms with E-state index in [-0.39, 0.29) is 5.78 Å². The Morgan fingerprint density at radius 1 is 0.870 bits per heavy atom. The Hall–Kier alpha value is -2.52. The number of hydrogen-bond donors (Lipinski definition) is 1. The Labute approximate surface area is 140 Å². The van der Waals surface area contributed by atoms with Crippen molar-refractivity contribution in [1.29, 1.82) is 0 Å². The highest BCUT2D eigenvalue weighted by Crippen LogP contribution is 2.34. The fourth-order valence-electron chi connectivity index (χ4n) is 2.34. The molecule has 0 aromatic heterocycles. The van der Waals surface area contributed by atoms with Gasteiger partial charge in [-0.25, -0.2) is 0 Å². The lowest BCUT2D eigenvalue weighted by Crippen LogP contribution is -2.07. The van der Waals surface area contributed by atoms with Gasteiger partial charge in [0.2, 0.25) is 0 Å². The molecule has 0 unspecified atom stereocenters. The van der Waals surface area contributed by atoms with Crippen LogP contribution in [0.3, 0.4) is 0 Å². The molecule has 2 nitrogen and oxygen atoms in total. The minimum absolute atomic E-state index is 0.0402. The zero-order chi connectivity index (χ0) is 16.2. The molecule has 0 aliphatic carbocycles. The van der Waals surface area contributed by atoms with Gasteiger partial charge >= 0.3 is 0 Å². The molecule has 0 radical (unpaired) electrons. The van der Waals surface area contributed by atoms with Crippen molar-refractivity contribution >= 4 is 23.2 Å². The summed E-state index contributed by atoms with van der Waals surface area (Å²) in [4.78, 5) is 14.9. The van der Waals surface area contributed by atoms with E-state index in [9.17, 15) is 4.79 Å². The van der Waals surface area contributed by atoms with Crippen LogP contribution in [0.4, 0.5) is 5.69 Å². The predicted molar refractivity (Wildman–Crippen MR) is 96.0 cm³/mol. The van der Waals surface area contributed by atoms with Gasteiger partial charge < -0.3 is 5.73 Å². The molecular formula is C20H17NOS. The maximum atomic E-state index is 12.9. The van der Waals surface area contributed by atoms with Crippen molar-refractivity contribution in [2.45, 2.75) is 16.7 Å². The summed E-state index contributed by atoms with van der Waals surface area (Å²) < 4.78 is 0. The summed E-state index contributed by atoms with van der Waals surface area (Å²) in [5, 5.41) is 0. The van der Waals surface area contributed by atoms with Crippen LogP contribution in [0.2, 0.25) is 0 Å². The van der Waals surface area contributed by atoms with Crippen LogP contribution in [0.15, 0.2) is 82.6 Å². The van der Waals surface area contributed by atoms with E-state index in [2.05, 4.69) is 0 Å². The first-order chi connectivity index (χ1) is 11.1. The molecule has 0 aliphatic heterocycles. The third-order valence-electron chi connectivity index (χ3n) is 3.57. The quantitative estimate of drug-likeness (QED) is 0.546. The van der Waals surface area contributed by atoms with Crippen LogP contribution in [0.25, 0.3) is 0 Å². The molecule has 2 N–H and O–H groups in total. The van der Waals surface area contributed by atoms with Gasteiger partial charge in [0.25, 0.3) is 0 Å². The van der Waals surface area contributed by atoms with Crippen molar-refractivity contribution < 1.29 is 4.79 Å².